The van der Waals surface area contributed by atoms with E-state index >= 15 is 0 Å². The summed E-state index contributed by atoms with van der Waals surface area (Å²) in [7, 11) is 0. The molecule has 16 heavy (non-hydrogen) atoms. The Labute approximate surface area is 98.8 Å². The molecule has 0 aliphatic heterocycles. The average molecular weight is 234 g/mol. The van der Waals surface area contributed by atoms with Gasteiger partial charge in [0.15, 0.2) is 0 Å². The van der Waals surface area contributed by atoms with Crippen LogP contribution in [-0.4, -0.2) is 10.8 Å². The molecule has 82 valence electrons. The highest BCUT2D eigenvalue weighted by Gasteiger charge is 2.09. The normalized spacial score (nSPS) is 10.7. The first-order valence-electron chi connectivity index (χ1n) is 4.91. The van der Waals surface area contributed by atoms with E-state index in [1.807, 2.05) is 32.0 Å². The molecule has 1 heterocycles. The molecule has 0 bridgehead atoms. The number of fused-ring (bicyclic) bond motifs is 1. The zero-order chi connectivity index (χ0) is 11.9. The summed E-state index contributed by atoms with van der Waals surface area (Å²) in [5.41, 5.74) is 8.73. The van der Waals surface area contributed by atoms with E-state index in [1.165, 1.54) is 0 Å². The SMILES string of the molecule is Cc1cc(C(=N)N)c2nc(C)cc(Cl)c2c1. The van der Waals surface area contributed by atoms with Crippen molar-refractivity contribution in [1.29, 1.82) is 5.41 Å². The number of hydrogen-bond donors (Lipinski definition) is 2. The highest BCUT2D eigenvalue weighted by atomic mass is 35.5. The molecule has 0 saturated carbocycles. The van der Waals surface area contributed by atoms with Gasteiger partial charge in [-0.2, -0.15) is 0 Å². The van der Waals surface area contributed by atoms with E-state index < -0.39 is 0 Å². The Kier molecular flexibility index (Phi) is 2.56. The molecular formula is C12H12ClN3. The first-order chi connectivity index (χ1) is 7.49. The van der Waals surface area contributed by atoms with Crippen LogP contribution in [0, 0.1) is 19.3 Å². The molecule has 0 saturated heterocycles. The molecule has 0 aliphatic rings. The quantitative estimate of drug-likeness (QED) is 0.588. The topological polar surface area (TPSA) is 62.8 Å². The maximum Gasteiger partial charge on any atom is 0.125 e. The molecule has 1 aromatic carbocycles. The van der Waals surface area contributed by atoms with E-state index in [9.17, 15) is 0 Å². The van der Waals surface area contributed by atoms with E-state index in [-0.39, 0.29) is 5.84 Å². The van der Waals surface area contributed by atoms with Crippen LogP contribution in [0.15, 0.2) is 18.2 Å². The molecule has 0 unspecified atom stereocenters. The Bertz CT molecular complexity index is 590. The minimum Gasteiger partial charge on any atom is -0.384 e. The summed E-state index contributed by atoms with van der Waals surface area (Å²) in [6.45, 7) is 3.82. The Morgan fingerprint density at radius 3 is 2.62 bits per heavy atom. The Morgan fingerprint density at radius 2 is 2.00 bits per heavy atom. The molecule has 4 heteroatoms. The second-order valence-corrected chi connectivity index (χ2v) is 4.27. The van der Waals surface area contributed by atoms with Crippen LogP contribution in [0.2, 0.25) is 5.02 Å². The molecule has 0 spiro atoms. The van der Waals surface area contributed by atoms with Crippen molar-refractivity contribution in [3.05, 3.63) is 40.0 Å². The Balaban J connectivity index is 2.95. The number of halogens is 1. The molecule has 0 aliphatic carbocycles. The largest absolute Gasteiger partial charge is 0.384 e. The third-order valence-corrected chi connectivity index (χ3v) is 2.74. The number of nitrogens with zero attached hydrogens (tertiary/aromatic N) is 1. The third kappa shape index (κ3) is 1.74. The number of benzene rings is 1. The van der Waals surface area contributed by atoms with Crippen LogP contribution in [0.1, 0.15) is 16.8 Å². The zero-order valence-electron chi connectivity index (χ0n) is 9.13. The maximum atomic E-state index is 7.55. The van der Waals surface area contributed by atoms with E-state index in [0.717, 1.165) is 16.6 Å². The highest BCUT2D eigenvalue weighted by molar-refractivity contribution is 6.35. The van der Waals surface area contributed by atoms with Gasteiger partial charge < -0.3 is 5.73 Å². The summed E-state index contributed by atoms with van der Waals surface area (Å²) in [6.07, 6.45) is 0. The van der Waals surface area contributed by atoms with Crippen LogP contribution in [0.3, 0.4) is 0 Å². The summed E-state index contributed by atoms with van der Waals surface area (Å²) in [5.74, 6) is 0.0165. The number of hydrogen-bond acceptors (Lipinski definition) is 2. The number of aryl methyl sites for hydroxylation is 2. The standard InChI is InChI=1S/C12H12ClN3/c1-6-3-8-10(13)5-7(2)16-11(8)9(4-6)12(14)15/h3-5H,1-2H3,(H3,14,15). The van der Waals surface area contributed by atoms with Crippen LogP contribution in [0.4, 0.5) is 0 Å². The minimum absolute atomic E-state index is 0.0165. The van der Waals surface area contributed by atoms with Gasteiger partial charge in [0, 0.05) is 16.6 Å². The lowest BCUT2D eigenvalue weighted by Gasteiger charge is -2.08. The lowest BCUT2D eigenvalue weighted by atomic mass is 10.0. The predicted octanol–water partition coefficient (Wildman–Crippen LogP) is 2.79. The second kappa shape index (κ2) is 3.76. The molecule has 2 rings (SSSR count). The van der Waals surface area contributed by atoms with Crippen LogP contribution in [0.5, 0.6) is 0 Å². The first kappa shape index (κ1) is 10.9. The smallest absolute Gasteiger partial charge is 0.125 e. The van der Waals surface area contributed by atoms with Crippen molar-refractivity contribution in [2.75, 3.05) is 0 Å². The summed E-state index contributed by atoms with van der Waals surface area (Å²) in [5, 5.41) is 9.04. The molecule has 3 nitrogen and oxygen atoms in total. The van der Waals surface area contributed by atoms with Gasteiger partial charge in [-0.05, 0) is 37.6 Å². The lowest BCUT2D eigenvalue weighted by Crippen LogP contribution is -2.12. The molecule has 0 amide bonds. The molecule has 1 aromatic heterocycles. The van der Waals surface area contributed by atoms with Gasteiger partial charge in [0.05, 0.1) is 10.5 Å². The van der Waals surface area contributed by atoms with E-state index in [4.69, 9.17) is 22.7 Å². The predicted molar refractivity (Wildman–Crippen MR) is 67.2 cm³/mol. The number of amidine groups is 1. The van der Waals surface area contributed by atoms with Gasteiger partial charge in [-0.25, -0.2) is 0 Å². The fraction of sp³-hybridized carbons (Fsp3) is 0.167. The van der Waals surface area contributed by atoms with Crippen molar-refractivity contribution >= 4 is 28.3 Å². The van der Waals surface area contributed by atoms with Crippen molar-refractivity contribution in [3.63, 3.8) is 0 Å². The molecule has 0 radical (unpaired) electrons. The van der Waals surface area contributed by atoms with Crippen LogP contribution >= 0.6 is 11.6 Å². The van der Waals surface area contributed by atoms with Crippen molar-refractivity contribution < 1.29 is 0 Å². The third-order valence-electron chi connectivity index (χ3n) is 2.43. The zero-order valence-corrected chi connectivity index (χ0v) is 9.89. The van der Waals surface area contributed by atoms with Gasteiger partial charge >= 0.3 is 0 Å². The van der Waals surface area contributed by atoms with Crippen molar-refractivity contribution in [2.45, 2.75) is 13.8 Å². The van der Waals surface area contributed by atoms with E-state index in [0.29, 0.717) is 16.1 Å². The van der Waals surface area contributed by atoms with Crippen molar-refractivity contribution in [1.82, 2.24) is 4.98 Å². The number of nitrogens with two attached hydrogens (primary N) is 1. The van der Waals surface area contributed by atoms with E-state index in [1.54, 1.807) is 0 Å². The van der Waals surface area contributed by atoms with Gasteiger partial charge in [-0.15, -0.1) is 0 Å². The summed E-state index contributed by atoms with van der Waals surface area (Å²) >= 11 is 6.16. The number of nitrogens with one attached hydrogen (secondary N) is 1. The van der Waals surface area contributed by atoms with E-state index in [2.05, 4.69) is 4.98 Å². The van der Waals surface area contributed by atoms with Gasteiger partial charge in [0.25, 0.3) is 0 Å². The van der Waals surface area contributed by atoms with Gasteiger partial charge in [0.1, 0.15) is 5.84 Å². The number of pyridine rings is 1. The average Bonchev–Trinajstić information content (AvgIpc) is 2.18. The van der Waals surface area contributed by atoms with Crippen molar-refractivity contribution in [3.8, 4) is 0 Å². The lowest BCUT2D eigenvalue weighted by molar-refractivity contribution is 1.24. The molecule has 3 N–H and O–H groups in total. The number of rotatable bonds is 1. The highest BCUT2D eigenvalue weighted by Crippen LogP contribution is 2.26. The first-order valence-corrected chi connectivity index (χ1v) is 5.28. The van der Waals surface area contributed by atoms with Crippen LogP contribution in [-0.2, 0) is 0 Å². The Morgan fingerprint density at radius 1 is 1.31 bits per heavy atom. The number of aromatic nitrogens is 1. The fourth-order valence-electron chi connectivity index (χ4n) is 1.76. The molecule has 0 atom stereocenters. The fourth-order valence-corrected chi connectivity index (χ4v) is 2.06. The van der Waals surface area contributed by atoms with Crippen LogP contribution < -0.4 is 5.73 Å². The van der Waals surface area contributed by atoms with Crippen LogP contribution in [0.25, 0.3) is 10.9 Å². The van der Waals surface area contributed by atoms with Crippen molar-refractivity contribution in [2.24, 2.45) is 5.73 Å². The summed E-state index contributed by atoms with van der Waals surface area (Å²) in [6, 6.07) is 5.62. The maximum absolute atomic E-state index is 7.55. The van der Waals surface area contributed by atoms with Gasteiger partial charge in [0.2, 0.25) is 0 Å². The number of nitrogen functional groups attached to an aromatic ring is 1. The Hall–Kier alpha value is -1.61. The molecular weight excluding hydrogens is 222 g/mol. The monoisotopic (exact) mass is 233 g/mol. The second-order valence-electron chi connectivity index (χ2n) is 3.87. The summed E-state index contributed by atoms with van der Waals surface area (Å²) < 4.78 is 0. The minimum atomic E-state index is 0.0165. The molecule has 2 aromatic rings. The van der Waals surface area contributed by atoms with Gasteiger partial charge in [-0.1, -0.05) is 11.6 Å². The molecule has 0 fully saturated rings. The van der Waals surface area contributed by atoms with Gasteiger partial charge in [-0.3, -0.25) is 10.4 Å². The summed E-state index contributed by atoms with van der Waals surface area (Å²) in [4.78, 5) is 4.39.